The number of hydrogen-bond acceptors (Lipinski definition) is 3. The summed E-state index contributed by atoms with van der Waals surface area (Å²) in [5.41, 5.74) is 3.25. The summed E-state index contributed by atoms with van der Waals surface area (Å²) >= 11 is 0. The number of benzene rings is 1. The fraction of sp³-hybridized carbons (Fsp3) is 0.133. The van der Waals surface area contributed by atoms with Gasteiger partial charge in [-0.1, -0.05) is 12.1 Å². The molecule has 1 aromatic carbocycles. The van der Waals surface area contributed by atoms with E-state index in [1.807, 2.05) is 0 Å². The maximum atomic E-state index is 13.1. The van der Waals surface area contributed by atoms with Crippen LogP contribution in [0.4, 0.5) is 13.2 Å². The van der Waals surface area contributed by atoms with Crippen LogP contribution < -0.4 is 5.43 Å². The van der Waals surface area contributed by atoms with Gasteiger partial charge in [0.05, 0.1) is 22.9 Å². The number of fused-ring (bicyclic) bond motifs is 1. The average Bonchev–Trinajstić information content (AvgIpc) is 3.15. The smallest absolute Gasteiger partial charge is 0.360 e. The van der Waals surface area contributed by atoms with Crippen molar-refractivity contribution in [1.82, 2.24) is 20.0 Å². The van der Waals surface area contributed by atoms with Gasteiger partial charge in [0, 0.05) is 6.20 Å². The standard InChI is InChI=1S/C15H12F3N5O/c16-15(17,18)14-21-11-5-1-2-6-12(11)23(14)9-13(24)22-20-8-10-4-3-7-19-10/h1-8,19H,9H2,(H,22,24). The maximum Gasteiger partial charge on any atom is 0.449 e. The van der Waals surface area contributed by atoms with Crippen molar-refractivity contribution in [2.45, 2.75) is 12.7 Å². The van der Waals surface area contributed by atoms with Gasteiger partial charge in [-0.2, -0.15) is 18.3 Å². The summed E-state index contributed by atoms with van der Waals surface area (Å²) in [6.07, 6.45) is -1.63. The lowest BCUT2D eigenvalue weighted by atomic mass is 10.3. The number of carbonyl (C=O) groups is 1. The summed E-state index contributed by atoms with van der Waals surface area (Å²) in [5.74, 6) is -1.81. The van der Waals surface area contributed by atoms with Crippen LogP contribution in [-0.2, 0) is 17.5 Å². The number of hydrogen-bond donors (Lipinski definition) is 2. The van der Waals surface area contributed by atoms with Gasteiger partial charge in [-0.25, -0.2) is 10.4 Å². The van der Waals surface area contributed by atoms with Crippen molar-refractivity contribution in [1.29, 1.82) is 0 Å². The predicted octanol–water partition coefficient (Wildman–Crippen LogP) is 2.53. The predicted molar refractivity (Wildman–Crippen MR) is 81.3 cm³/mol. The van der Waals surface area contributed by atoms with Gasteiger partial charge in [-0.15, -0.1) is 0 Å². The van der Waals surface area contributed by atoms with Crippen LogP contribution in [0.3, 0.4) is 0 Å². The molecule has 0 saturated heterocycles. The number of para-hydroxylation sites is 2. The Morgan fingerprint density at radius 2 is 2.08 bits per heavy atom. The Bertz CT molecular complexity index is 880. The number of alkyl halides is 3. The number of nitrogens with one attached hydrogen (secondary N) is 2. The lowest BCUT2D eigenvalue weighted by Gasteiger charge is -2.10. The molecule has 9 heteroatoms. The van der Waals surface area contributed by atoms with Crippen molar-refractivity contribution in [2.75, 3.05) is 0 Å². The van der Waals surface area contributed by atoms with Crippen LogP contribution in [0.1, 0.15) is 11.5 Å². The van der Waals surface area contributed by atoms with E-state index in [4.69, 9.17) is 0 Å². The van der Waals surface area contributed by atoms with E-state index in [-0.39, 0.29) is 11.0 Å². The highest BCUT2D eigenvalue weighted by atomic mass is 19.4. The summed E-state index contributed by atoms with van der Waals surface area (Å²) in [5, 5.41) is 3.70. The van der Waals surface area contributed by atoms with Crippen LogP contribution in [0.2, 0.25) is 0 Å². The molecule has 24 heavy (non-hydrogen) atoms. The highest BCUT2D eigenvalue weighted by molar-refractivity contribution is 5.83. The summed E-state index contributed by atoms with van der Waals surface area (Å²) in [6, 6.07) is 9.58. The Morgan fingerprint density at radius 1 is 1.29 bits per heavy atom. The van der Waals surface area contributed by atoms with Crippen molar-refractivity contribution in [2.24, 2.45) is 5.10 Å². The van der Waals surface area contributed by atoms with Crippen molar-refractivity contribution in [3.8, 4) is 0 Å². The summed E-state index contributed by atoms with van der Waals surface area (Å²) in [7, 11) is 0. The molecule has 2 N–H and O–H groups in total. The number of imidazole rings is 1. The topological polar surface area (TPSA) is 75.1 Å². The maximum absolute atomic E-state index is 13.1. The first-order valence-corrected chi connectivity index (χ1v) is 6.93. The van der Waals surface area contributed by atoms with Gasteiger partial charge in [0.25, 0.3) is 5.91 Å². The lowest BCUT2D eigenvalue weighted by molar-refractivity contribution is -0.147. The normalized spacial score (nSPS) is 12.1. The third-order valence-electron chi connectivity index (χ3n) is 3.22. The van der Waals surface area contributed by atoms with E-state index in [0.29, 0.717) is 5.69 Å². The number of carbonyl (C=O) groups excluding carboxylic acids is 1. The average molecular weight is 335 g/mol. The molecule has 124 valence electrons. The molecule has 0 bridgehead atoms. The second-order valence-corrected chi connectivity index (χ2v) is 4.93. The van der Waals surface area contributed by atoms with Crippen molar-refractivity contribution in [3.05, 3.63) is 54.1 Å². The number of hydrazone groups is 1. The Morgan fingerprint density at radius 3 is 2.79 bits per heavy atom. The molecule has 0 spiro atoms. The number of rotatable bonds is 4. The molecule has 0 unspecified atom stereocenters. The van der Waals surface area contributed by atoms with E-state index in [1.165, 1.54) is 18.3 Å². The second kappa shape index (κ2) is 6.19. The second-order valence-electron chi connectivity index (χ2n) is 4.93. The zero-order valence-corrected chi connectivity index (χ0v) is 12.2. The van der Waals surface area contributed by atoms with E-state index < -0.39 is 24.5 Å². The fourth-order valence-electron chi connectivity index (χ4n) is 2.23. The largest absolute Gasteiger partial charge is 0.449 e. The van der Waals surface area contributed by atoms with Crippen molar-refractivity contribution >= 4 is 23.2 Å². The van der Waals surface area contributed by atoms with E-state index in [9.17, 15) is 18.0 Å². The number of amides is 1. The highest BCUT2D eigenvalue weighted by Crippen LogP contribution is 2.31. The van der Waals surface area contributed by atoms with Crippen LogP contribution in [0.25, 0.3) is 11.0 Å². The molecule has 0 aliphatic carbocycles. The molecule has 3 rings (SSSR count). The van der Waals surface area contributed by atoms with Crippen LogP contribution in [0, 0.1) is 0 Å². The molecule has 0 fully saturated rings. The molecule has 0 aliphatic heterocycles. The molecule has 0 saturated carbocycles. The summed E-state index contributed by atoms with van der Waals surface area (Å²) in [4.78, 5) is 18.3. The number of aromatic amines is 1. The SMILES string of the molecule is O=C(Cn1c(C(F)(F)F)nc2ccccc21)NN=Cc1ccc[nH]1. The molecule has 0 radical (unpaired) electrons. The van der Waals surface area contributed by atoms with E-state index >= 15 is 0 Å². The van der Waals surface area contributed by atoms with Gasteiger partial charge in [-0.05, 0) is 24.3 Å². The summed E-state index contributed by atoms with van der Waals surface area (Å²) < 4.78 is 40.2. The monoisotopic (exact) mass is 335 g/mol. The molecule has 6 nitrogen and oxygen atoms in total. The minimum absolute atomic E-state index is 0.174. The Balaban J connectivity index is 1.82. The molecule has 0 aliphatic rings. The number of halogens is 3. The zero-order chi connectivity index (χ0) is 17.2. The molecule has 2 heterocycles. The molecule has 0 atom stereocenters. The van der Waals surface area contributed by atoms with Gasteiger partial charge in [-0.3, -0.25) is 4.79 Å². The third kappa shape index (κ3) is 3.29. The van der Waals surface area contributed by atoms with Crippen LogP contribution in [0.5, 0.6) is 0 Å². The van der Waals surface area contributed by atoms with Crippen LogP contribution in [-0.4, -0.2) is 26.7 Å². The fourth-order valence-corrected chi connectivity index (χ4v) is 2.23. The number of nitrogens with zero attached hydrogens (tertiary/aromatic N) is 3. The Labute approximate surface area is 134 Å². The van der Waals surface area contributed by atoms with Gasteiger partial charge in [0.15, 0.2) is 0 Å². The van der Waals surface area contributed by atoms with Crippen LogP contribution >= 0.6 is 0 Å². The molecular formula is C15H12F3N5O. The van der Waals surface area contributed by atoms with Gasteiger partial charge in [0.1, 0.15) is 6.54 Å². The molecular weight excluding hydrogens is 323 g/mol. The van der Waals surface area contributed by atoms with Crippen LogP contribution in [0.15, 0.2) is 47.7 Å². The van der Waals surface area contributed by atoms with E-state index in [1.54, 1.807) is 30.5 Å². The number of aromatic nitrogens is 3. The van der Waals surface area contributed by atoms with Gasteiger partial charge < -0.3 is 9.55 Å². The minimum atomic E-state index is -4.66. The third-order valence-corrected chi connectivity index (χ3v) is 3.22. The first-order valence-electron chi connectivity index (χ1n) is 6.93. The minimum Gasteiger partial charge on any atom is -0.360 e. The van der Waals surface area contributed by atoms with Crippen molar-refractivity contribution < 1.29 is 18.0 Å². The Kier molecular flexibility index (Phi) is 4.07. The van der Waals surface area contributed by atoms with E-state index in [0.717, 1.165) is 4.57 Å². The first-order chi connectivity index (χ1) is 11.4. The Hall–Kier alpha value is -3.10. The number of H-pyrrole nitrogens is 1. The summed E-state index contributed by atoms with van der Waals surface area (Å²) in [6.45, 7) is -0.544. The molecule has 2 aromatic heterocycles. The highest BCUT2D eigenvalue weighted by Gasteiger charge is 2.37. The molecule has 1 amide bonds. The first kappa shape index (κ1) is 15.8. The van der Waals surface area contributed by atoms with E-state index in [2.05, 4.69) is 20.5 Å². The van der Waals surface area contributed by atoms with Gasteiger partial charge >= 0.3 is 6.18 Å². The molecule has 3 aromatic rings. The quantitative estimate of drug-likeness (QED) is 0.568. The van der Waals surface area contributed by atoms with Crippen molar-refractivity contribution in [3.63, 3.8) is 0 Å². The lowest BCUT2D eigenvalue weighted by Crippen LogP contribution is -2.26. The zero-order valence-electron chi connectivity index (χ0n) is 12.2. The van der Waals surface area contributed by atoms with Gasteiger partial charge in [0.2, 0.25) is 5.82 Å².